The second-order valence-electron chi connectivity index (χ2n) is 7.05. The summed E-state index contributed by atoms with van der Waals surface area (Å²) in [6.07, 6.45) is 5.49. The van der Waals surface area contributed by atoms with E-state index in [9.17, 15) is 9.90 Å². The van der Waals surface area contributed by atoms with Gasteiger partial charge in [0.05, 0.1) is 30.8 Å². The van der Waals surface area contributed by atoms with Crippen molar-refractivity contribution >= 4 is 11.8 Å². The molecule has 1 fully saturated rings. The molecule has 0 bridgehead atoms. The van der Waals surface area contributed by atoms with Crippen LogP contribution in [0.25, 0.3) is 0 Å². The van der Waals surface area contributed by atoms with E-state index < -0.39 is 5.60 Å². The molecule has 1 amide bonds. The van der Waals surface area contributed by atoms with Crippen molar-refractivity contribution in [2.24, 2.45) is 4.99 Å². The molecule has 0 atom stereocenters. The molecule has 1 saturated carbocycles. The SMILES string of the molecule is CC(C)(O)C1=NCC=C(C(=O)N2Cc3[nH]cnc3C3(CC3)C2)O1. The molecule has 1 spiro atoms. The highest BCUT2D eigenvalue weighted by Crippen LogP contribution is 2.51. The Kier molecular flexibility index (Phi) is 2.93. The number of aliphatic hydroxyl groups is 1. The number of fused-ring (bicyclic) bond motifs is 2. The van der Waals surface area contributed by atoms with Crippen LogP contribution in [0.2, 0.25) is 0 Å². The first-order valence-corrected chi connectivity index (χ1v) is 7.86. The normalized spacial score (nSPS) is 22.1. The van der Waals surface area contributed by atoms with Gasteiger partial charge in [-0.15, -0.1) is 0 Å². The fourth-order valence-electron chi connectivity index (χ4n) is 3.27. The summed E-state index contributed by atoms with van der Waals surface area (Å²) < 4.78 is 5.57. The highest BCUT2D eigenvalue weighted by Gasteiger charge is 2.52. The number of aliphatic imine (C=N–C) groups is 1. The van der Waals surface area contributed by atoms with Gasteiger partial charge in [0.2, 0.25) is 5.90 Å². The number of aromatic nitrogens is 2. The number of amides is 1. The van der Waals surface area contributed by atoms with Crippen molar-refractivity contribution < 1.29 is 14.6 Å². The van der Waals surface area contributed by atoms with Crippen LogP contribution in [-0.2, 0) is 21.5 Å². The zero-order valence-corrected chi connectivity index (χ0v) is 13.3. The van der Waals surface area contributed by atoms with Gasteiger partial charge in [-0.25, -0.2) is 9.98 Å². The number of rotatable bonds is 2. The summed E-state index contributed by atoms with van der Waals surface area (Å²) in [5, 5.41) is 10.0. The lowest BCUT2D eigenvalue weighted by Crippen LogP contribution is -2.44. The van der Waals surface area contributed by atoms with Gasteiger partial charge < -0.3 is 19.7 Å². The minimum Gasteiger partial charge on any atom is -0.435 e. The maximum Gasteiger partial charge on any atom is 0.289 e. The van der Waals surface area contributed by atoms with E-state index >= 15 is 0 Å². The number of aromatic amines is 1. The zero-order valence-electron chi connectivity index (χ0n) is 13.3. The summed E-state index contributed by atoms with van der Waals surface area (Å²) >= 11 is 0. The highest BCUT2D eigenvalue weighted by atomic mass is 16.5. The molecule has 3 heterocycles. The second kappa shape index (κ2) is 4.67. The van der Waals surface area contributed by atoms with Gasteiger partial charge in [0.15, 0.2) is 5.76 Å². The van der Waals surface area contributed by atoms with Crippen LogP contribution in [0.3, 0.4) is 0 Å². The van der Waals surface area contributed by atoms with Crippen molar-refractivity contribution in [2.45, 2.75) is 44.2 Å². The predicted octanol–water partition coefficient (Wildman–Crippen LogP) is 0.867. The Bertz CT molecular complexity index is 722. The van der Waals surface area contributed by atoms with E-state index in [1.54, 1.807) is 31.2 Å². The molecule has 0 unspecified atom stereocenters. The van der Waals surface area contributed by atoms with Crippen molar-refractivity contribution in [2.75, 3.05) is 13.1 Å². The average molecular weight is 316 g/mol. The molecule has 0 aromatic carbocycles. The monoisotopic (exact) mass is 316 g/mol. The Morgan fingerprint density at radius 2 is 2.26 bits per heavy atom. The first kappa shape index (κ1) is 14.4. The Labute approximate surface area is 134 Å². The largest absolute Gasteiger partial charge is 0.435 e. The molecule has 3 aliphatic rings. The fraction of sp³-hybridized carbons (Fsp3) is 0.562. The zero-order chi connectivity index (χ0) is 16.2. The van der Waals surface area contributed by atoms with E-state index in [0.717, 1.165) is 24.2 Å². The number of nitrogens with one attached hydrogen (secondary N) is 1. The number of ether oxygens (including phenoxy) is 1. The molecular formula is C16H20N4O3. The molecule has 1 aromatic heterocycles. The molecule has 1 aromatic rings. The summed E-state index contributed by atoms with van der Waals surface area (Å²) in [6, 6.07) is 0. The molecule has 122 valence electrons. The van der Waals surface area contributed by atoms with E-state index in [2.05, 4.69) is 15.0 Å². The van der Waals surface area contributed by atoms with Crippen LogP contribution >= 0.6 is 0 Å². The first-order chi connectivity index (χ1) is 10.9. The number of hydrogen-bond acceptors (Lipinski definition) is 5. The summed E-state index contributed by atoms with van der Waals surface area (Å²) in [6.45, 7) is 4.70. The Morgan fingerprint density at radius 1 is 1.48 bits per heavy atom. The maximum absolute atomic E-state index is 12.8. The van der Waals surface area contributed by atoms with E-state index in [0.29, 0.717) is 19.6 Å². The lowest BCUT2D eigenvalue weighted by Gasteiger charge is -2.33. The van der Waals surface area contributed by atoms with E-state index in [4.69, 9.17) is 4.74 Å². The lowest BCUT2D eigenvalue weighted by atomic mass is 9.95. The molecule has 4 rings (SSSR count). The molecule has 0 radical (unpaired) electrons. The van der Waals surface area contributed by atoms with Gasteiger partial charge in [0.25, 0.3) is 5.91 Å². The number of nitrogens with zero attached hydrogens (tertiary/aromatic N) is 3. The maximum atomic E-state index is 12.8. The minimum atomic E-state index is -1.20. The van der Waals surface area contributed by atoms with Crippen LogP contribution in [0.1, 0.15) is 38.1 Å². The van der Waals surface area contributed by atoms with Gasteiger partial charge in [0.1, 0.15) is 5.60 Å². The number of imidazole rings is 1. The molecular weight excluding hydrogens is 296 g/mol. The summed E-state index contributed by atoms with van der Waals surface area (Å²) in [5.41, 5.74) is 0.940. The van der Waals surface area contributed by atoms with Gasteiger partial charge in [-0.1, -0.05) is 0 Å². The van der Waals surface area contributed by atoms with Crippen molar-refractivity contribution in [1.29, 1.82) is 0 Å². The molecule has 2 N–H and O–H groups in total. The van der Waals surface area contributed by atoms with Crippen molar-refractivity contribution in [3.8, 4) is 0 Å². The number of carbonyl (C=O) groups is 1. The fourth-order valence-corrected chi connectivity index (χ4v) is 3.27. The second-order valence-corrected chi connectivity index (χ2v) is 7.05. The quantitative estimate of drug-likeness (QED) is 0.847. The molecule has 23 heavy (non-hydrogen) atoms. The summed E-state index contributed by atoms with van der Waals surface area (Å²) in [7, 11) is 0. The van der Waals surface area contributed by atoms with Crippen LogP contribution in [0.4, 0.5) is 0 Å². The topological polar surface area (TPSA) is 90.8 Å². The lowest BCUT2D eigenvalue weighted by molar-refractivity contribution is -0.131. The van der Waals surface area contributed by atoms with Gasteiger partial charge in [-0.3, -0.25) is 4.79 Å². The molecule has 0 saturated heterocycles. The van der Waals surface area contributed by atoms with Gasteiger partial charge in [-0.2, -0.15) is 0 Å². The summed E-state index contributed by atoms with van der Waals surface area (Å²) in [4.78, 5) is 26.3. The van der Waals surface area contributed by atoms with Gasteiger partial charge >= 0.3 is 0 Å². The smallest absolute Gasteiger partial charge is 0.289 e. The van der Waals surface area contributed by atoms with Crippen LogP contribution < -0.4 is 0 Å². The van der Waals surface area contributed by atoms with Crippen LogP contribution in [0.15, 0.2) is 23.2 Å². The van der Waals surface area contributed by atoms with Crippen LogP contribution in [-0.4, -0.2) is 50.5 Å². The number of hydrogen-bond donors (Lipinski definition) is 2. The Hall–Kier alpha value is -2.15. The van der Waals surface area contributed by atoms with Crippen molar-refractivity contribution in [1.82, 2.24) is 14.9 Å². The third-order valence-corrected chi connectivity index (χ3v) is 4.66. The van der Waals surface area contributed by atoms with Crippen molar-refractivity contribution in [3.63, 3.8) is 0 Å². The van der Waals surface area contributed by atoms with Crippen LogP contribution in [0, 0.1) is 0 Å². The van der Waals surface area contributed by atoms with E-state index in [1.807, 2.05) is 0 Å². The van der Waals surface area contributed by atoms with Crippen LogP contribution in [0.5, 0.6) is 0 Å². The Morgan fingerprint density at radius 3 is 2.96 bits per heavy atom. The van der Waals surface area contributed by atoms with E-state index in [1.165, 1.54) is 0 Å². The third-order valence-electron chi connectivity index (χ3n) is 4.66. The number of carbonyl (C=O) groups excluding carboxylic acids is 1. The standard InChI is InChI=1S/C16H20N4O3/c1-15(2,22)14-17-6-3-11(23-14)13(21)20-7-10-12(19-9-18-10)16(8-20)4-5-16/h3,9,22H,4-8H2,1-2H3,(H,18,19). The molecule has 1 aliphatic carbocycles. The molecule has 7 nitrogen and oxygen atoms in total. The van der Waals surface area contributed by atoms with E-state index in [-0.39, 0.29) is 23.0 Å². The van der Waals surface area contributed by atoms with Crippen molar-refractivity contribution in [3.05, 3.63) is 29.6 Å². The third kappa shape index (κ3) is 2.35. The average Bonchev–Trinajstić information content (AvgIpc) is 3.10. The Balaban J connectivity index is 1.54. The van der Waals surface area contributed by atoms with Gasteiger partial charge in [0, 0.05) is 12.0 Å². The molecule has 2 aliphatic heterocycles. The predicted molar refractivity (Wildman–Crippen MR) is 82.7 cm³/mol. The van der Waals surface area contributed by atoms with Gasteiger partial charge in [-0.05, 0) is 32.8 Å². The summed E-state index contributed by atoms with van der Waals surface area (Å²) in [5.74, 6) is 0.271. The molecule has 7 heteroatoms. The number of H-pyrrole nitrogens is 1. The highest BCUT2D eigenvalue weighted by molar-refractivity contribution is 5.97. The minimum absolute atomic E-state index is 0.0195. The first-order valence-electron chi connectivity index (χ1n) is 7.86.